The first kappa shape index (κ1) is 11.6. The molecule has 3 atom stereocenters. The van der Waals surface area contributed by atoms with Gasteiger partial charge in [-0.05, 0) is 18.9 Å². The van der Waals surface area contributed by atoms with Gasteiger partial charge >= 0.3 is 0 Å². The first-order valence-corrected chi connectivity index (χ1v) is 5.84. The Morgan fingerprint density at radius 3 is 2.62 bits per heavy atom. The van der Waals surface area contributed by atoms with Crippen LogP contribution in [-0.4, -0.2) is 24.9 Å². The molecule has 3 heteroatoms. The molecule has 0 aliphatic heterocycles. The number of hydrogen-bond donors (Lipinski definition) is 1. The smallest absolute Gasteiger partial charge is 0.0988 e. The van der Waals surface area contributed by atoms with Crippen molar-refractivity contribution in [2.24, 2.45) is 5.73 Å². The van der Waals surface area contributed by atoms with E-state index in [0.29, 0.717) is 13.2 Å². The summed E-state index contributed by atoms with van der Waals surface area (Å²) in [6.07, 6.45) is 1.14. The lowest BCUT2D eigenvalue weighted by atomic mass is 9.86. The van der Waals surface area contributed by atoms with Crippen LogP contribution in [-0.2, 0) is 16.1 Å². The molecule has 0 aromatic heterocycles. The van der Waals surface area contributed by atoms with Crippen molar-refractivity contribution in [1.29, 1.82) is 0 Å². The van der Waals surface area contributed by atoms with Crippen LogP contribution in [0.3, 0.4) is 0 Å². The van der Waals surface area contributed by atoms with Crippen molar-refractivity contribution in [3.8, 4) is 0 Å². The average molecular weight is 221 g/mol. The van der Waals surface area contributed by atoms with Gasteiger partial charge in [0.1, 0.15) is 0 Å². The molecule has 1 aliphatic rings. The molecule has 3 nitrogen and oxygen atoms in total. The third-order valence-electron chi connectivity index (χ3n) is 2.96. The van der Waals surface area contributed by atoms with E-state index in [1.54, 1.807) is 0 Å². The van der Waals surface area contributed by atoms with Crippen molar-refractivity contribution in [2.75, 3.05) is 6.61 Å². The second kappa shape index (κ2) is 5.43. The molecule has 1 aromatic carbocycles. The van der Waals surface area contributed by atoms with E-state index in [1.165, 1.54) is 5.56 Å². The zero-order valence-electron chi connectivity index (χ0n) is 9.63. The minimum atomic E-state index is 0.0775. The highest BCUT2D eigenvalue weighted by Gasteiger charge is 2.40. The Morgan fingerprint density at radius 1 is 1.25 bits per heavy atom. The third kappa shape index (κ3) is 2.61. The SMILES string of the molecule is CCOC1C(N)CC1OCc1ccccc1. The molecule has 2 rings (SSSR count). The lowest BCUT2D eigenvalue weighted by Gasteiger charge is -2.41. The van der Waals surface area contributed by atoms with Gasteiger partial charge in [0, 0.05) is 12.6 Å². The van der Waals surface area contributed by atoms with E-state index < -0.39 is 0 Å². The van der Waals surface area contributed by atoms with Crippen molar-refractivity contribution in [3.63, 3.8) is 0 Å². The van der Waals surface area contributed by atoms with Crippen molar-refractivity contribution in [2.45, 2.75) is 38.2 Å². The van der Waals surface area contributed by atoms with Crippen molar-refractivity contribution < 1.29 is 9.47 Å². The largest absolute Gasteiger partial charge is 0.374 e. The lowest BCUT2D eigenvalue weighted by Crippen LogP contribution is -2.58. The second-order valence-corrected chi connectivity index (χ2v) is 4.15. The maximum Gasteiger partial charge on any atom is 0.0988 e. The highest BCUT2D eigenvalue weighted by atomic mass is 16.5. The molecule has 0 radical (unpaired) electrons. The van der Waals surface area contributed by atoms with Crippen molar-refractivity contribution >= 4 is 0 Å². The molecule has 1 fully saturated rings. The van der Waals surface area contributed by atoms with E-state index in [-0.39, 0.29) is 18.2 Å². The zero-order chi connectivity index (χ0) is 11.4. The van der Waals surface area contributed by atoms with E-state index >= 15 is 0 Å². The maximum atomic E-state index is 5.86. The van der Waals surface area contributed by atoms with E-state index in [1.807, 2.05) is 25.1 Å². The fourth-order valence-corrected chi connectivity index (χ4v) is 1.98. The minimum Gasteiger partial charge on any atom is -0.374 e. The first-order valence-electron chi connectivity index (χ1n) is 5.84. The van der Waals surface area contributed by atoms with Gasteiger partial charge in [0.2, 0.25) is 0 Å². The Morgan fingerprint density at radius 2 is 2.00 bits per heavy atom. The summed E-state index contributed by atoms with van der Waals surface area (Å²) < 4.78 is 11.3. The van der Waals surface area contributed by atoms with Crippen LogP contribution in [0.5, 0.6) is 0 Å². The van der Waals surface area contributed by atoms with Crippen LogP contribution in [0, 0.1) is 0 Å². The average Bonchev–Trinajstić information content (AvgIpc) is 2.32. The Balaban J connectivity index is 1.78. The Hall–Kier alpha value is -0.900. The predicted octanol–water partition coefficient (Wildman–Crippen LogP) is 1.71. The van der Waals surface area contributed by atoms with Gasteiger partial charge in [-0.1, -0.05) is 30.3 Å². The molecule has 0 saturated heterocycles. The van der Waals surface area contributed by atoms with E-state index in [4.69, 9.17) is 15.2 Å². The lowest BCUT2D eigenvalue weighted by molar-refractivity contribution is -0.142. The summed E-state index contributed by atoms with van der Waals surface area (Å²) in [5.74, 6) is 0. The number of benzene rings is 1. The first-order chi connectivity index (χ1) is 7.81. The molecule has 1 saturated carbocycles. The van der Waals surface area contributed by atoms with E-state index in [0.717, 1.165) is 6.42 Å². The Bertz CT molecular complexity index is 315. The van der Waals surface area contributed by atoms with Gasteiger partial charge in [0.05, 0.1) is 18.8 Å². The normalized spacial score (nSPS) is 28.8. The summed E-state index contributed by atoms with van der Waals surface area (Å²) in [7, 11) is 0. The molecule has 0 amide bonds. The summed E-state index contributed by atoms with van der Waals surface area (Å²) in [5, 5.41) is 0. The molecular formula is C13H19NO2. The van der Waals surface area contributed by atoms with Crippen LogP contribution in [0.2, 0.25) is 0 Å². The van der Waals surface area contributed by atoms with Gasteiger partial charge in [-0.15, -0.1) is 0 Å². The molecular weight excluding hydrogens is 202 g/mol. The minimum absolute atomic E-state index is 0.0775. The topological polar surface area (TPSA) is 44.5 Å². The number of ether oxygens (including phenoxy) is 2. The van der Waals surface area contributed by atoms with Gasteiger partial charge < -0.3 is 15.2 Å². The highest BCUT2D eigenvalue weighted by molar-refractivity contribution is 5.13. The van der Waals surface area contributed by atoms with Gasteiger partial charge in [-0.25, -0.2) is 0 Å². The summed E-state index contributed by atoms with van der Waals surface area (Å²) in [4.78, 5) is 0. The number of rotatable bonds is 5. The molecule has 3 unspecified atom stereocenters. The fourth-order valence-electron chi connectivity index (χ4n) is 1.98. The number of hydrogen-bond acceptors (Lipinski definition) is 3. The highest BCUT2D eigenvalue weighted by Crippen LogP contribution is 2.26. The van der Waals surface area contributed by atoms with Crippen molar-refractivity contribution in [1.82, 2.24) is 0 Å². The van der Waals surface area contributed by atoms with Gasteiger partial charge in [-0.2, -0.15) is 0 Å². The summed E-state index contributed by atoms with van der Waals surface area (Å²) in [6.45, 7) is 3.32. The molecule has 0 bridgehead atoms. The van der Waals surface area contributed by atoms with Crippen molar-refractivity contribution in [3.05, 3.63) is 35.9 Å². The van der Waals surface area contributed by atoms with E-state index in [9.17, 15) is 0 Å². The quantitative estimate of drug-likeness (QED) is 0.823. The Labute approximate surface area is 96.5 Å². The van der Waals surface area contributed by atoms with Gasteiger partial charge in [0.25, 0.3) is 0 Å². The molecule has 88 valence electrons. The summed E-state index contributed by atoms with van der Waals surface area (Å²) >= 11 is 0. The standard InChI is InChI=1S/C13H19NO2/c1-2-15-13-11(14)8-12(13)16-9-10-6-4-3-5-7-10/h3-7,11-13H,2,8-9,14H2,1H3. The monoisotopic (exact) mass is 221 g/mol. The molecule has 1 aliphatic carbocycles. The van der Waals surface area contributed by atoms with Crippen LogP contribution in [0.4, 0.5) is 0 Å². The maximum absolute atomic E-state index is 5.86. The fraction of sp³-hybridized carbons (Fsp3) is 0.538. The number of nitrogens with two attached hydrogens (primary N) is 1. The van der Waals surface area contributed by atoms with Crippen LogP contribution in [0.25, 0.3) is 0 Å². The summed E-state index contributed by atoms with van der Waals surface area (Å²) in [5.41, 5.74) is 7.06. The summed E-state index contributed by atoms with van der Waals surface area (Å²) in [6, 6.07) is 10.3. The second-order valence-electron chi connectivity index (χ2n) is 4.15. The molecule has 0 spiro atoms. The van der Waals surface area contributed by atoms with Crippen LogP contribution < -0.4 is 5.73 Å². The van der Waals surface area contributed by atoms with Crippen LogP contribution in [0.1, 0.15) is 18.9 Å². The molecule has 1 aromatic rings. The van der Waals surface area contributed by atoms with E-state index in [2.05, 4.69) is 12.1 Å². The Kier molecular flexibility index (Phi) is 3.93. The predicted molar refractivity (Wildman–Crippen MR) is 63.0 cm³/mol. The van der Waals surface area contributed by atoms with Crippen LogP contribution in [0.15, 0.2) is 30.3 Å². The molecule has 0 heterocycles. The third-order valence-corrected chi connectivity index (χ3v) is 2.96. The molecule has 16 heavy (non-hydrogen) atoms. The molecule has 2 N–H and O–H groups in total. The van der Waals surface area contributed by atoms with Gasteiger partial charge in [-0.3, -0.25) is 0 Å². The zero-order valence-corrected chi connectivity index (χ0v) is 9.63. The van der Waals surface area contributed by atoms with Gasteiger partial charge in [0.15, 0.2) is 0 Å². The van der Waals surface area contributed by atoms with Crippen LogP contribution >= 0.6 is 0 Å².